The van der Waals surface area contributed by atoms with Gasteiger partial charge in [0.2, 0.25) is 5.78 Å². The minimum absolute atomic E-state index is 0.0181. The number of aromatic amines is 1. The van der Waals surface area contributed by atoms with E-state index < -0.39 is 28.6 Å². The first-order valence-electron chi connectivity index (χ1n) is 8.51. The molecule has 1 N–H and O–H groups in total. The van der Waals surface area contributed by atoms with Gasteiger partial charge in [-0.2, -0.15) is 18.3 Å². The minimum Gasteiger partial charge on any atom is -0.360 e. The first-order valence-corrected chi connectivity index (χ1v) is 8.88. The van der Waals surface area contributed by atoms with Crippen molar-refractivity contribution in [3.8, 4) is 0 Å². The third-order valence-electron chi connectivity index (χ3n) is 4.69. The van der Waals surface area contributed by atoms with Crippen LogP contribution in [0.5, 0.6) is 0 Å². The summed E-state index contributed by atoms with van der Waals surface area (Å²) in [6.07, 6.45) is -1.96. The Balaban J connectivity index is 1.67. The largest absolute Gasteiger partial charge is 0.417 e. The van der Waals surface area contributed by atoms with Crippen molar-refractivity contribution < 1.29 is 18.0 Å². The lowest BCUT2D eigenvalue weighted by atomic mass is 10.0. The minimum atomic E-state index is -4.64. The molecule has 0 amide bonds. The smallest absolute Gasteiger partial charge is 0.360 e. The van der Waals surface area contributed by atoms with E-state index in [1.807, 2.05) is 0 Å². The van der Waals surface area contributed by atoms with Gasteiger partial charge in [0, 0.05) is 18.7 Å². The third-order valence-corrected chi connectivity index (χ3v) is 5.06. The topological polar surface area (TPSA) is 83.9 Å². The maximum absolute atomic E-state index is 13.3. The standard InChI is InChI=1S/C18H13ClF3N5O2/c19-15-12(8-24-25-17(15)29)26-5-6-27-13(7-23-14(27)9-26)16(28)10-3-1-2-4-11(10)18(20,21)22/h1-4,7-8H,5-6,9H2,(H,25,29). The highest BCUT2D eigenvalue weighted by Crippen LogP contribution is 2.33. The molecular weight excluding hydrogens is 411 g/mol. The van der Waals surface area contributed by atoms with E-state index in [4.69, 9.17) is 11.6 Å². The number of carbonyl (C=O) groups is 1. The number of imidazole rings is 1. The van der Waals surface area contributed by atoms with E-state index in [1.54, 1.807) is 9.47 Å². The van der Waals surface area contributed by atoms with E-state index in [2.05, 4.69) is 15.2 Å². The molecule has 1 aliphatic heterocycles. The molecule has 150 valence electrons. The Kier molecular flexibility index (Phi) is 4.65. The summed E-state index contributed by atoms with van der Waals surface area (Å²) < 4.78 is 41.4. The van der Waals surface area contributed by atoms with E-state index in [-0.39, 0.29) is 23.8 Å². The number of nitrogens with one attached hydrogen (secondary N) is 1. The molecule has 0 radical (unpaired) electrons. The van der Waals surface area contributed by atoms with Gasteiger partial charge in [-0.05, 0) is 6.07 Å². The molecule has 3 aromatic rings. The molecule has 3 heterocycles. The molecular formula is C18H13ClF3N5O2. The second-order valence-electron chi connectivity index (χ2n) is 6.40. The number of hydrogen-bond acceptors (Lipinski definition) is 5. The van der Waals surface area contributed by atoms with Crippen LogP contribution >= 0.6 is 11.6 Å². The summed E-state index contributed by atoms with van der Waals surface area (Å²) in [5, 5.41) is 5.94. The molecule has 0 saturated carbocycles. The highest BCUT2D eigenvalue weighted by atomic mass is 35.5. The van der Waals surface area contributed by atoms with Gasteiger partial charge in [0.25, 0.3) is 5.56 Å². The molecule has 0 spiro atoms. The Bertz CT molecular complexity index is 1150. The number of halogens is 4. The maximum atomic E-state index is 13.3. The summed E-state index contributed by atoms with van der Waals surface area (Å²) in [7, 11) is 0. The maximum Gasteiger partial charge on any atom is 0.417 e. The highest BCUT2D eigenvalue weighted by Gasteiger charge is 2.36. The van der Waals surface area contributed by atoms with Crippen LogP contribution in [-0.2, 0) is 19.3 Å². The molecule has 2 aromatic heterocycles. The molecule has 7 nitrogen and oxygen atoms in total. The first-order chi connectivity index (χ1) is 13.8. The summed E-state index contributed by atoms with van der Waals surface area (Å²) in [4.78, 5) is 30.5. The van der Waals surface area contributed by atoms with Gasteiger partial charge in [-0.3, -0.25) is 9.59 Å². The Hall–Kier alpha value is -3.14. The van der Waals surface area contributed by atoms with Crippen molar-refractivity contribution in [1.82, 2.24) is 19.7 Å². The Morgan fingerprint density at radius 2 is 1.93 bits per heavy atom. The number of hydrogen-bond donors (Lipinski definition) is 1. The zero-order valence-electron chi connectivity index (χ0n) is 14.7. The fraction of sp³-hybridized carbons (Fsp3) is 0.222. The van der Waals surface area contributed by atoms with Crippen molar-refractivity contribution in [1.29, 1.82) is 0 Å². The van der Waals surface area contributed by atoms with Gasteiger partial charge >= 0.3 is 6.18 Å². The van der Waals surface area contributed by atoms with Crippen molar-refractivity contribution in [3.05, 3.63) is 74.7 Å². The average molecular weight is 424 g/mol. The van der Waals surface area contributed by atoms with Crippen molar-refractivity contribution in [2.24, 2.45) is 0 Å². The first kappa shape index (κ1) is 19.2. The van der Waals surface area contributed by atoms with Crippen LogP contribution in [0.4, 0.5) is 18.9 Å². The van der Waals surface area contributed by atoms with E-state index in [1.165, 1.54) is 24.5 Å². The molecule has 0 fully saturated rings. The average Bonchev–Trinajstić information content (AvgIpc) is 3.12. The van der Waals surface area contributed by atoms with Gasteiger partial charge < -0.3 is 9.47 Å². The second kappa shape index (κ2) is 7.03. The predicted molar refractivity (Wildman–Crippen MR) is 98.0 cm³/mol. The van der Waals surface area contributed by atoms with Crippen LogP contribution in [0.1, 0.15) is 27.4 Å². The number of carbonyl (C=O) groups excluding carboxylic acids is 1. The van der Waals surface area contributed by atoms with Crippen LogP contribution in [0.3, 0.4) is 0 Å². The summed E-state index contributed by atoms with van der Waals surface area (Å²) in [5.41, 5.74) is -1.45. The number of fused-ring (bicyclic) bond motifs is 1. The summed E-state index contributed by atoms with van der Waals surface area (Å²) in [5.74, 6) is -0.276. The van der Waals surface area contributed by atoms with Crippen LogP contribution in [0.15, 0.2) is 41.5 Å². The molecule has 0 atom stereocenters. The van der Waals surface area contributed by atoms with Gasteiger partial charge in [-0.15, -0.1) is 0 Å². The number of anilines is 1. The fourth-order valence-electron chi connectivity index (χ4n) is 3.31. The van der Waals surface area contributed by atoms with Crippen molar-refractivity contribution in [2.45, 2.75) is 19.3 Å². The third kappa shape index (κ3) is 3.39. The summed E-state index contributed by atoms with van der Waals surface area (Å²) in [6, 6.07) is 4.66. The molecule has 0 saturated heterocycles. The molecule has 0 unspecified atom stereocenters. The number of rotatable bonds is 3. The van der Waals surface area contributed by atoms with E-state index in [9.17, 15) is 22.8 Å². The normalized spacial score (nSPS) is 14.0. The van der Waals surface area contributed by atoms with E-state index in [0.717, 1.165) is 12.1 Å². The van der Waals surface area contributed by atoms with Crippen LogP contribution in [0, 0.1) is 0 Å². The lowest BCUT2D eigenvalue weighted by Crippen LogP contribution is -2.36. The van der Waals surface area contributed by atoms with E-state index in [0.29, 0.717) is 18.1 Å². The van der Waals surface area contributed by atoms with Crippen molar-refractivity contribution in [2.75, 3.05) is 11.4 Å². The monoisotopic (exact) mass is 423 g/mol. The number of nitrogens with zero attached hydrogens (tertiary/aromatic N) is 4. The highest BCUT2D eigenvalue weighted by molar-refractivity contribution is 6.33. The lowest BCUT2D eigenvalue weighted by molar-refractivity contribution is -0.137. The Morgan fingerprint density at radius 3 is 2.69 bits per heavy atom. The zero-order chi connectivity index (χ0) is 20.8. The van der Waals surface area contributed by atoms with Crippen molar-refractivity contribution in [3.63, 3.8) is 0 Å². The molecule has 1 aliphatic rings. The number of H-pyrrole nitrogens is 1. The molecule has 4 rings (SSSR count). The predicted octanol–water partition coefficient (Wildman–Crippen LogP) is 2.89. The molecule has 1 aromatic carbocycles. The summed E-state index contributed by atoms with van der Waals surface area (Å²) >= 11 is 6.04. The number of aromatic nitrogens is 4. The molecule has 0 bridgehead atoms. The van der Waals surface area contributed by atoms with Crippen LogP contribution in [0.25, 0.3) is 0 Å². The number of alkyl halides is 3. The second-order valence-corrected chi connectivity index (χ2v) is 6.78. The van der Waals surface area contributed by atoms with Crippen LogP contribution < -0.4 is 10.5 Å². The van der Waals surface area contributed by atoms with Crippen LogP contribution in [0.2, 0.25) is 5.02 Å². The Labute approximate surface area is 166 Å². The van der Waals surface area contributed by atoms with Gasteiger partial charge in [0.05, 0.1) is 30.2 Å². The van der Waals surface area contributed by atoms with Gasteiger partial charge in [-0.25, -0.2) is 10.1 Å². The quantitative estimate of drug-likeness (QED) is 0.655. The molecule has 29 heavy (non-hydrogen) atoms. The van der Waals surface area contributed by atoms with Gasteiger partial charge in [0.1, 0.15) is 16.5 Å². The summed E-state index contributed by atoms with van der Waals surface area (Å²) in [6.45, 7) is 0.877. The number of ketones is 1. The van der Waals surface area contributed by atoms with E-state index >= 15 is 0 Å². The molecule has 11 heteroatoms. The fourth-order valence-corrected chi connectivity index (χ4v) is 3.52. The van der Waals surface area contributed by atoms with Gasteiger partial charge in [0.15, 0.2) is 0 Å². The van der Waals surface area contributed by atoms with Crippen molar-refractivity contribution >= 4 is 23.1 Å². The Morgan fingerprint density at radius 1 is 1.17 bits per heavy atom. The SMILES string of the molecule is O=C(c1ccccc1C(F)(F)F)c1cnc2n1CCN(c1cn[nH]c(=O)c1Cl)C2. The zero-order valence-corrected chi connectivity index (χ0v) is 15.5. The van der Waals surface area contributed by atoms with Gasteiger partial charge in [-0.1, -0.05) is 29.8 Å². The van der Waals surface area contributed by atoms with Crippen LogP contribution in [-0.4, -0.2) is 32.1 Å². The lowest BCUT2D eigenvalue weighted by Gasteiger charge is -2.30. The number of benzene rings is 1. The molecule has 0 aliphatic carbocycles.